The summed E-state index contributed by atoms with van der Waals surface area (Å²) in [6.07, 6.45) is 4.27. The summed E-state index contributed by atoms with van der Waals surface area (Å²) in [5.41, 5.74) is 0. The smallest absolute Gasteiger partial charge is 0.0587 e. The first-order valence-corrected chi connectivity index (χ1v) is 5.20. The van der Waals surface area contributed by atoms with Gasteiger partial charge in [-0.2, -0.15) is 0 Å². The highest BCUT2D eigenvalue weighted by molar-refractivity contribution is 4.72. The number of hydrogen-bond donors (Lipinski definition) is 2. The lowest BCUT2D eigenvalue weighted by molar-refractivity contribution is 0.107. The number of rotatable bonds is 5. The van der Waals surface area contributed by atoms with E-state index < -0.39 is 0 Å². The van der Waals surface area contributed by atoms with Crippen molar-refractivity contribution in [2.45, 2.75) is 31.8 Å². The van der Waals surface area contributed by atoms with E-state index in [4.69, 9.17) is 4.74 Å². The van der Waals surface area contributed by atoms with Gasteiger partial charge in [-0.1, -0.05) is 0 Å². The molecule has 13 heavy (non-hydrogen) atoms. The van der Waals surface area contributed by atoms with E-state index in [1.807, 2.05) is 0 Å². The lowest BCUT2D eigenvalue weighted by Crippen LogP contribution is -2.29. The predicted octanol–water partition coefficient (Wildman–Crippen LogP) is 0.773. The molecule has 1 aliphatic carbocycles. The van der Waals surface area contributed by atoms with Crippen molar-refractivity contribution >= 4 is 0 Å². The molecule has 0 atom stereocenters. The first kappa shape index (κ1) is 11.0. The van der Waals surface area contributed by atoms with Crippen molar-refractivity contribution < 1.29 is 9.84 Å². The van der Waals surface area contributed by atoms with Crippen LogP contribution in [0.3, 0.4) is 0 Å². The minimum atomic E-state index is -0.0322. The molecule has 1 rings (SSSR count). The first-order valence-electron chi connectivity index (χ1n) is 5.20. The van der Waals surface area contributed by atoms with E-state index in [2.05, 4.69) is 5.32 Å². The van der Waals surface area contributed by atoms with Gasteiger partial charge >= 0.3 is 0 Å². The molecular weight excluding hydrogens is 166 g/mol. The SMILES string of the molecule is COCCNCC1CCC(O)CC1. The number of aliphatic hydroxyl groups excluding tert-OH is 1. The van der Waals surface area contributed by atoms with E-state index in [-0.39, 0.29) is 6.10 Å². The molecule has 2 N–H and O–H groups in total. The van der Waals surface area contributed by atoms with E-state index in [1.165, 1.54) is 12.8 Å². The van der Waals surface area contributed by atoms with Crippen molar-refractivity contribution in [3.05, 3.63) is 0 Å². The Bertz CT molecular complexity index is 122. The molecule has 0 bridgehead atoms. The van der Waals surface area contributed by atoms with Crippen LogP contribution < -0.4 is 5.32 Å². The Balaban J connectivity index is 1.96. The fraction of sp³-hybridized carbons (Fsp3) is 1.00. The topological polar surface area (TPSA) is 41.5 Å². The van der Waals surface area contributed by atoms with Gasteiger partial charge in [0.15, 0.2) is 0 Å². The van der Waals surface area contributed by atoms with Crippen molar-refractivity contribution in [2.75, 3.05) is 26.8 Å². The van der Waals surface area contributed by atoms with Gasteiger partial charge in [0, 0.05) is 13.7 Å². The van der Waals surface area contributed by atoms with Gasteiger partial charge in [0.25, 0.3) is 0 Å². The van der Waals surface area contributed by atoms with E-state index in [9.17, 15) is 5.11 Å². The quantitative estimate of drug-likeness (QED) is 0.625. The Morgan fingerprint density at radius 2 is 2.00 bits per heavy atom. The van der Waals surface area contributed by atoms with Gasteiger partial charge in [0.1, 0.15) is 0 Å². The van der Waals surface area contributed by atoms with Crippen LogP contribution in [0, 0.1) is 5.92 Å². The van der Waals surface area contributed by atoms with Crippen LogP contribution in [0.15, 0.2) is 0 Å². The molecule has 0 aromatic rings. The van der Waals surface area contributed by atoms with Crippen molar-refractivity contribution in [3.63, 3.8) is 0 Å². The number of aliphatic hydroxyl groups is 1. The molecule has 0 aromatic heterocycles. The second kappa shape index (κ2) is 6.35. The average Bonchev–Trinajstić information content (AvgIpc) is 2.15. The van der Waals surface area contributed by atoms with E-state index in [0.29, 0.717) is 0 Å². The van der Waals surface area contributed by atoms with Crippen LogP contribution in [-0.4, -0.2) is 38.0 Å². The molecule has 3 heteroatoms. The fourth-order valence-electron chi connectivity index (χ4n) is 1.83. The van der Waals surface area contributed by atoms with Crippen LogP contribution in [0.25, 0.3) is 0 Å². The monoisotopic (exact) mass is 187 g/mol. The maximum Gasteiger partial charge on any atom is 0.0587 e. The highest BCUT2D eigenvalue weighted by Crippen LogP contribution is 2.23. The molecule has 1 aliphatic rings. The molecule has 3 nitrogen and oxygen atoms in total. The standard InChI is InChI=1S/C10H21NO2/c1-13-7-6-11-8-9-2-4-10(12)5-3-9/h9-12H,2-8H2,1H3. The van der Waals surface area contributed by atoms with Gasteiger partial charge in [-0.25, -0.2) is 0 Å². The third-order valence-electron chi connectivity index (χ3n) is 2.73. The molecule has 0 unspecified atom stereocenters. The lowest BCUT2D eigenvalue weighted by atomic mass is 9.87. The van der Waals surface area contributed by atoms with Crippen LogP contribution in [0.1, 0.15) is 25.7 Å². The van der Waals surface area contributed by atoms with Crippen LogP contribution >= 0.6 is 0 Å². The van der Waals surface area contributed by atoms with E-state index >= 15 is 0 Å². The van der Waals surface area contributed by atoms with Crippen molar-refractivity contribution in [2.24, 2.45) is 5.92 Å². The summed E-state index contributed by atoms with van der Waals surface area (Å²) in [6.45, 7) is 2.81. The molecule has 0 amide bonds. The van der Waals surface area contributed by atoms with Crippen molar-refractivity contribution in [3.8, 4) is 0 Å². The number of methoxy groups -OCH3 is 1. The Morgan fingerprint density at radius 1 is 1.31 bits per heavy atom. The largest absolute Gasteiger partial charge is 0.393 e. The average molecular weight is 187 g/mol. The summed E-state index contributed by atoms with van der Waals surface area (Å²) >= 11 is 0. The van der Waals surface area contributed by atoms with Crippen LogP contribution in [0.2, 0.25) is 0 Å². The number of ether oxygens (including phenoxy) is 1. The molecular formula is C10H21NO2. The summed E-state index contributed by atoms with van der Waals surface area (Å²) in [7, 11) is 1.72. The Kier molecular flexibility index (Phi) is 5.35. The molecule has 0 saturated heterocycles. The molecule has 0 aromatic carbocycles. The molecule has 0 heterocycles. The maximum atomic E-state index is 9.30. The molecule has 78 valence electrons. The highest BCUT2D eigenvalue weighted by atomic mass is 16.5. The fourth-order valence-corrected chi connectivity index (χ4v) is 1.83. The van der Waals surface area contributed by atoms with Gasteiger partial charge < -0.3 is 15.2 Å². The molecule has 0 spiro atoms. The Morgan fingerprint density at radius 3 is 2.62 bits per heavy atom. The molecule has 1 fully saturated rings. The zero-order valence-corrected chi connectivity index (χ0v) is 8.46. The second-order valence-corrected chi connectivity index (χ2v) is 3.87. The minimum Gasteiger partial charge on any atom is -0.393 e. The van der Waals surface area contributed by atoms with Crippen LogP contribution in [0.5, 0.6) is 0 Å². The molecule has 1 saturated carbocycles. The van der Waals surface area contributed by atoms with Gasteiger partial charge in [0.05, 0.1) is 12.7 Å². The minimum absolute atomic E-state index is 0.0322. The normalized spacial score (nSPS) is 29.1. The Labute approximate surface area is 80.5 Å². The van der Waals surface area contributed by atoms with Gasteiger partial charge in [0.2, 0.25) is 0 Å². The molecule has 0 radical (unpaired) electrons. The van der Waals surface area contributed by atoms with Gasteiger partial charge in [-0.05, 0) is 38.1 Å². The van der Waals surface area contributed by atoms with E-state index in [0.717, 1.165) is 38.5 Å². The van der Waals surface area contributed by atoms with Crippen LogP contribution in [0.4, 0.5) is 0 Å². The third-order valence-corrected chi connectivity index (χ3v) is 2.73. The number of nitrogens with one attached hydrogen (secondary N) is 1. The summed E-state index contributed by atoms with van der Waals surface area (Å²) in [5.74, 6) is 0.764. The second-order valence-electron chi connectivity index (χ2n) is 3.87. The summed E-state index contributed by atoms with van der Waals surface area (Å²) in [5, 5.41) is 12.7. The van der Waals surface area contributed by atoms with Crippen molar-refractivity contribution in [1.29, 1.82) is 0 Å². The number of hydrogen-bond acceptors (Lipinski definition) is 3. The predicted molar refractivity (Wildman–Crippen MR) is 52.7 cm³/mol. The van der Waals surface area contributed by atoms with Gasteiger partial charge in [-0.3, -0.25) is 0 Å². The highest BCUT2D eigenvalue weighted by Gasteiger charge is 2.18. The maximum absolute atomic E-state index is 9.30. The first-order chi connectivity index (χ1) is 6.33. The van der Waals surface area contributed by atoms with Gasteiger partial charge in [-0.15, -0.1) is 0 Å². The summed E-state index contributed by atoms with van der Waals surface area (Å²) < 4.78 is 4.95. The Hall–Kier alpha value is -0.120. The van der Waals surface area contributed by atoms with Crippen LogP contribution in [-0.2, 0) is 4.74 Å². The molecule has 0 aliphatic heterocycles. The van der Waals surface area contributed by atoms with E-state index in [1.54, 1.807) is 7.11 Å². The summed E-state index contributed by atoms with van der Waals surface area (Å²) in [4.78, 5) is 0. The summed E-state index contributed by atoms with van der Waals surface area (Å²) in [6, 6.07) is 0. The lowest BCUT2D eigenvalue weighted by Gasteiger charge is -2.25. The third kappa shape index (κ3) is 4.60. The zero-order chi connectivity index (χ0) is 9.52. The zero-order valence-electron chi connectivity index (χ0n) is 8.46. The van der Waals surface area contributed by atoms with Crippen molar-refractivity contribution in [1.82, 2.24) is 5.32 Å².